The highest BCUT2D eigenvalue weighted by molar-refractivity contribution is 9.10. The van der Waals surface area contributed by atoms with Crippen molar-refractivity contribution in [2.75, 3.05) is 0 Å². The molecule has 28 heavy (non-hydrogen) atoms. The molecule has 0 fully saturated rings. The maximum absolute atomic E-state index is 10.5. The van der Waals surface area contributed by atoms with Crippen LogP contribution in [0.25, 0.3) is 45.1 Å². The Bertz CT molecular complexity index is 1270. The zero-order valence-corrected chi connectivity index (χ0v) is 17.2. The second-order valence-electron chi connectivity index (χ2n) is 6.15. The van der Waals surface area contributed by atoms with Crippen molar-refractivity contribution >= 4 is 54.1 Å². The summed E-state index contributed by atoms with van der Waals surface area (Å²) in [6.45, 7) is 0. The molecule has 0 atom stereocenters. The summed E-state index contributed by atoms with van der Waals surface area (Å²) in [5, 5.41) is 21.1. The average molecular weight is 502 g/mol. The summed E-state index contributed by atoms with van der Waals surface area (Å²) in [5.74, 6) is 0.187. The molecule has 0 aliphatic heterocycles. The lowest BCUT2D eigenvalue weighted by Crippen LogP contribution is -1.84. The minimum Gasteiger partial charge on any atom is -0.507 e. The molecule has 6 nitrogen and oxygen atoms in total. The molecule has 3 aromatic carbocycles. The van der Waals surface area contributed by atoms with Crippen LogP contribution in [0.2, 0.25) is 0 Å². The van der Waals surface area contributed by atoms with E-state index in [1.165, 1.54) is 12.1 Å². The first-order valence-electron chi connectivity index (χ1n) is 8.17. The van der Waals surface area contributed by atoms with Gasteiger partial charge in [0.05, 0.1) is 11.1 Å². The minimum atomic E-state index is -0.109. The first-order valence-corrected chi connectivity index (χ1v) is 9.75. The molecule has 0 aliphatic carbocycles. The van der Waals surface area contributed by atoms with Gasteiger partial charge in [0, 0.05) is 8.95 Å². The molecule has 0 bridgehead atoms. The standard InChI is InChI=1S/C20H10Br2N2O4/c21-9-1-3-13-17(5-9)27-19(23-13)11-7-16(26)12(8-15(11)25)20-24-14-4-2-10(22)6-18(14)28-20/h1-8,25-26H. The maximum atomic E-state index is 10.5. The number of fused-ring (bicyclic) bond motifs is 2. The van der Waals surface area contributed by atoms with E-state index < -0.39 is 0 Å². The average Bonchev–Trinajstić information content (AvgIpc) is 3.26. The number of hydrogen-bond acceptors (Lipinski definition) is 6. The lowest BCUT2D eigenvalue weighted by atomic mass is 10.1. The third-order valence-corrected chi connectivity index (χ3v) is 5.26. The molecule has 5 aromatic rings. The van der Waals surface area contributed by atoms with Gasteiger partial charge in [0.25, 0.3) is 0 Å². The summed E-state index contributed by atoms with van der Waals surface area (Å²) in [4.78, 5) is 8.74. The van der Waals surface area contributed by atoms with E-state index in [0.717, 1.165) is 8.95 Å². The minimum absolute atomic E-state index is 0.109. The molecule has 138 valence electrons. The molecule has 0 saturated carbocycles. The van der Waals surface area contributed by atoms with Gasteiger partial charge in [-0.3, -0.25) is 0 Å². The zero-order valence-electron chi connectivity index (χ0n) is 14.0. The molecule has 5 rings (SSSR count). The fourth-order valence-corrected chi connectivity index (χ4v) is 3.63. The van der Waals surface area contributed by atoms with E-state index in [-0.39, 0.29) is 34.4 Å². The van der Waals surface area contributed by atoms with E-state index in [4.69, 9.17) is 8.83 Å². The van der Waals surface area contributed by atoms with Crippen LogP contribution in [-0.2, 0) is 0 Å². The largest absolute Gasteiger partial charge is 0.507 e. The smallest absolute Gasteiger partial charge is 0.231 e. The predicted molar refractivity (Wildman–Crippen MR) is 111 cm³/mol. The van der Waals surface area contributed by atoms with Gasteiger partial charge in [-0.2, -0.15) is 0 Å². The van der Waals surface area contributed by atoms with Gasteiger partial charge < -0.3 is 19.0 Å². The van der Waals surface area contributed by atoms with Gasteiger partial charge >= 0.3 is 0 Å². The van der Waals surface area contributed by atoms with Gasteiger partial charge in [-0.15, -0.1) is 0 Å². The van der Waals surface area contributed by atoms with E-state index in [0.29, 0.717) is 22.2 Å². The van der Waals surface area contributed by atoms with Crippen molar-refractivity contribution in [1.29, 1.82) is 0 Å². The maximum Gasteiger partial charge on any atom is 0.231 e. The van der Waals surface area contributed by atoms with Crippen LogP contribution in [0, 0.1) is 0 Å². The monoisotopic (exact) mass is 500 g/mol. The topological polar surface area (TPSA) is 92.5 Å². The van der Waals surface area contributed by atoms with Crippen LogP contribution < -0.4 is 0 Å². The summed E-state index contributed by atoms with van der Waals surface area (Å²) in [7, 11) is 0. The van der Waals surface area contributed by atoms with Gasteiger partial charge in [0.15, 0.2) is 11.2 Å². The molecular weight excluding hydrogens is 492 g/mol. The summed E-state index contributed by atoms with van der Waals surface area (Å²) in [6.07, 6.45) is 0. The molecule has 8 heteroatoms. The summed E-state index contributed by atoms with van der Waals surface area (Å²) >= 11 is 6.76. The number of aromatic hydroxyl groups is 2. The van der Waals surface area contributed by atoms with Crippen LogP contribution in [0.1, 0.15) is 0 Å². The molecule has 0 aliphatic rings. The van der Waals surface area contributed by atoms with Crippen molar-refractivity contribution in [3.05, 3.63) is 57.5 Å². The third-order valence-electron chi connectivity index (χ3n) is 4.28. The van der Waals surface area contributed by atoms with Crippen molar-refractivity contribution in [2.45, 2.75) is 0 Å². The fraction of sp³-hybridized carbons (Fsp3) is 0. The highest BCUT2D eigenvalue weighted by Crippen LogP contribution is 2.41. The Balaban J connectivity index is 1.62. The van der Waals surface area contributed by atoms with E-state index in [1.807, 2.05) is 12.1 Å². The third kappa shape index (κ3) is 2.85. The Morgan fingerprint density at radius 2 is 1.07 bits per heavy atom. The number of aromatic nitrogens is 2. The molecule has 0 saturated heterocycles. The predicted octanol–water partition coefficient (Wildman–Crippen LogP) is 6.24. The molecule has 2 N–H and O–H groups in total. The Morgan fingerprint density at radius 3 is 1.50 bits per heavy atom. The first kappa shape index (κ1) is 17.3. The van der Waals surface area contributed by atoms with E-state index in [1.54, 1.807) is 24.3 Å². The Hall–Kier alpha value is -2.84. The van der Waals surface area contributed by atoms with Gasteiger partial charge in [0.2, 0.25) is 11.8 Å². The van der Waals surface area contributed by atoms with Crippen LogP contribution in [-0.4, -0.2) is 20.2 Å². The summed E-state index contributed by atoms with van der Waals surface area (Å²) in [5.41, 5.74) is 2.96. The lowest BCUT2D eigenvalue weighted by molar-refractivity contribution is 0.458. The lowest BCUT2D eigenvalue weighted by Gasteiger charge is -2.05. The second-order valence-corrected chi connectivity index (χ2v) is 7.98. The van der Waals surface area contributed by atoms with Crippen molar-refractivity contribution < 1.29 is 19.0 Å². The van der Waals surface area contributed by atoms with Gasteiger partial charge in [-0.1, -0.05) is 31.9 Å². The van der Waals surface area contributed by atoms with Crippen LogP contribution in [0.15, 0.2) is 66.3 Å². The summed E-state index contributed by atoms with van der Waals surface area (Å²) in [6, 6.07) is 13.6. The normalized spacial score (nSPS) is 11.5. The van der Waals surface area contributed by atoms with E-state index in [9.17, 15) is 10.2 Å². The summed E-state index contributed by atoms with van der Waals surface area (Å²) < 4.78 is 13.2. The van der Waals surface area contributed by atoms with Crippen molar-refractivity contribution in [3.8, 4) is 34.4 Å². The van der Waals surface area contributed by atoms with Gasteiger partial charge in [0.1, 0.15) is 22.5 Å². The SMILES string of the molecule is Oc1cc(-c2nc3ccc(Br)cc3o2)c(O)cc1-c1nc2ccc(Br)cc2o1. The molecule has 0 spiro atoms. The van der Waals surface area contributed by atoms with Gasteiger partial charge in [-0.25, -0.2) is 9.97 Å². The van der Waals surface area contributed by atoms with Crippen molar-refractivity contribution in [2.24, 2.45) is 0 Å². The number of phenolic OH excluding ortho intramolecular Hbond substituents is 2. The Kier molecular flexibility index (Phi) is 3.92. The Morgan fingerprint density at radius 1 is 0.643 bits per heavy atom. The van der Waals surface area contributed by atoms with E-state index in [2.05, 4.69) is 41.8 Å². The van der Waals surface area contributed by atoms with Crippen LogP contribution in [0.3, 0.4) is 0 Å². The van der Waals surface area contributed by atoms with Crippen molar-refractivity contribution in [3.63, 3.8) is 0 Å². The second kappa shape index (κ2) is 6.35. The fourth-order valence-electron chi connectivity index (χ4n) is 2.95. The number of halogens is 2. The molecule has 0 amide bonds. The van der Waals surface area contributed by atoms with Crippen LogP contribution in [0.5, 0.6) is 11.5 Å². The number of rotatable bonds is 2. The number of hydrogen-bond donors (Lipinski definition) is 2. The number of oxazole rings is 2. The van der Waals surface area contributed by atoms with Crippen LogP contribution >= 0.6 is 31.9 Å². The number of benzene rings is 3. The molecule has 0 unspecified atom stereocenters. The highest BCUT2D eigenvalue weighted by Gasteiger charge is 2.19. The molecule has 0 radical (unpaired) electrons. The Labute approximate surface area is 174 Å². The zero-order chi connectivity index (χ0) is 19.4. The quantitative estimate of drug-likeness (QED) is 0.278. The van der Waals surface area contributed by atoms with Gasteiger partial charge in [-0.05, 0) is 48.5 Å². The first-order chi connectivity index (χ1) is 13.5. The van der Waals surface area contributed by atoms with E-state index >= 15 is 0 Å². The van der Waals surface area contributed by atoms with Crippen molar-refractivity contribution in [1.82, 2.24) is 9.97 Å². The molecule has 2 aromatic heterocycles. The van der Waals surface area contributed by atoms with Crippen LogP contribution in [0.4, 0.5) is 0 Å². The molecular formula is C20H10Br2N2O4. The number of nitrogens with zero attached hydrogens (tertiary/aromatic N) is 2. The number of phenols is 2. The molecule has 2 heterocycles. The highest BCUT2D eigenvalue weighted by atomic mass is 79.9.